The molecule has 1 aromatic carbocycles. The number of halogens is 1. The van der Waals surface area contributed by atoms with E-state index in [2.05, 4.69) is 52.5 Å². The summed E-state index contributed by atoms with van der Waals surface area (Å²) >= 11 is 12.1. The summed E-state index contributed by atoms with van der Waals surface area (Å²) in [7, 11) is 0. The van der Waals surface area contributed by atoms with Gasteiger partial charge in [-0.15, -0.1) is 0 Å². The zero-order valence-electron chi connectivity index (χ0n) is 22.4. The van der Waals surface area contributed by atoms with Crippen LogP contribution in [0.2, 0.25) is 5.02 Å². The van der Waals surface area contributed by atoms with Crippen molar-refractivity contribution in [3.8, 4) is 0 Å². The normalized spacial score (nSPS) is 23.7. The van der Waals surface area contributed by atoms with Crippen molar-refractivity contribution >= 4 is 46.5 Å². The Balaban J connectivity index is 1.33. The Hall–Kier alpha value is -2.20. The first-order valence-corrected chi connectivity index (χ1v) is 14.5. The molecule has 5 rings (SSSR count). The van der Waals surface area contributed by atoms with Crippen LogP contribution in [-0.2, 0) is 14.9 Å². The average molecular weight is 559 g/mol. The van der Waals surface area contributed by atoms with Gasteiger partial charge in [-0.25, -0.2) is 0 Å². The van der Waals surface area contributed by atoms with Crippen molar-refractivity contribution in [2.45, 2.75) is 38.5 Å². The number of nitrogens with one attached hydrogen (secondary N) is 2. The van der Waals surface area contributed by atoms with Crippen molar-refractivity contribution in [3.05, 3.63) is 40.9 Å². The Morgan fingerprint density at radius 2 is 1.66 bits per heavy atom. The van der Waals surface area contributed by atoms with Crippen LogP contribution in [0.15, 0.2) is 30.3 Å². The summed E-state index contributed by atoms with van der Waals surface area (Å²) in [5.41, 5.74) is 1.11. The van der Waals surface area contributed by atoms with Gasteiger partial charge in [-0.3, -0.25) is 0 Å². The zero-order valence-corrected chi connectivity index (χ0v) is 24.0. The van der Waals surface area contributed by atoms with Gasteiger partial charge in [0.15, 0.2) is 5.11 Å². The van der Waals surface area contributed by atoms with Crippen molar-refractivity contribution in [2.75, 3.05) is 74.3 Å². The van der Waals surface area contributed by atoms with Crippen LogP contribution in [0, 0.1) is 11.8 Å². The minimum absolute atomic E-state index is 0.101. The van der Waals surface area contributed by atoms with E-state index in [1.54, 1.807) is 0 Å². The molecule has 4 heterocycles. The summed E-state index contributed by atoms with van der Waals surface area (Å²) in [6, 6.07) is 10.3. The molecule has 0 unspecified atom stereocenters. The monoisotopic (exact) mass is 558 g/mol. The lowest BCUT2D eigenvalue weighted by atomic mass is 9.74. The second-order valence-electron chi connectivity index (χ2n) is 11.1. The second kappa shape index (κ2) is 12.3. The van der Waals surface area contributed by atoms with Crippen LogP contribution in [-0.4, -0.2) is 74.2 Å². The first-order chi connectivity index (χ1) is 18.4. The lowest BCUT2D eigenvalue weighted by Crippen LogP contribution is -2.46. The fraction of sp³-hybridized carbons (Fsp3) is 0.607. The Morgan fingerprint density at radius 3 is 2.34 bits per heavy atom. The van der Waals surface area contributed by atoms with Gasteiger partial charge < -0.3 is 29.9 Å². The largest absolute Gasteiger partial charge is 0.381 e. The Morgan fingerprint density at radius 1 is 1.00 bits per heavy atom. The number of hydrogen-bond donors (Lipinski definition) is 2. The molecular formula is C28H39ClN6O2S. The molecule has 38 heavy (non-hydrogen) atoms. The molecule has 3 aliphatic rings. The highest BCUT2D eigenvalue weighted by Gasteiger charge is 2.35. The average Bonchev–Trinajstić information content (AvgIpc) is 2.92. The molecule has 8 nitrogen and oxygen atoms in total. The van der Waals surface area contributed by atoms with Crippen LogP contribution < -0.4 is 20.4 Å². The molecule has 3 saturated heterocycles. The minimum Gasteiger partial charge on any atom is -0.381 e. The number of morpholine rings is 1. The standard InChI is InChI=1S/C28H39ClN6O2S/c1-20-14-21(2)18-35(17-20)25-16-24(34-8-12-37-13-9-34)31-26(32-25)33-27(38)30-19-28(6-10-36-11-7-28)22-4-3-5-23(29)15-22/h3-5,15-16,20-21H,6-14,17-19H2,1-2H3,(H2,30,31,32,33,38)/t20-,21+. The molecule has 2 N–H and O–H groups in total. The lowest BCUT2D eigenvalue weighted by molar-refractivity contribution is 0.0515. The molecule has 10 heteroatoms. The first kappa shape index (κ1) is 27.4. The summed E-state index contributed by atoms with van der Waals surface area (Å²) < 4.78 is 11.3. The van der Waals surface area contributed by atoms with E-state index in [-0.39, 0.29) is 5.41 Å². The van der Waals surface area contributed by atoms with Crippen LogP contribution in [0.5, 0.6) is 0 Å². The van der Waals surface area contributed by atoms with E-state index in [9.17, 15) is 0 Å². The Labute approximate surface area is 236 Å². The number of ether oxygens (including phenoxy) is 2. The molecule has 0 aliphatic carbocycles. The Kier molecular flexibility index (Phi) is 8.88. The summed E-state index contributed by atoms with van der Waals surface area (Å²) in [5, 5.41) is 8.03. The van der Waals surface area contributed by atoms with Crippen LogP contribution >= 0.6 is 23.8 Å². The van der Waals surface area contributed by atoms with Crippen LogP contribution in [0.1, 0.15) is 38.7 Å². The molecule has 3 fully saturated rings. The van der Waals surface area contributed by atoms with Gasteiger partial charge in [-0.2, -0.15) is 9.97 Å². The molecule has 0 saturated carbocycles. The van der Waals surface area contributed by atoms with Crippen molar-refractivity contribution in [1.29, 1.82) is 0 Å². The van der Waals surface area contributed by atoms with E-state index in [0.717, 1.165) is 68.9 Å². The van der Waals surface area contributed by atoms with Gasteiger partial charge in [0, 0.05) is 62.4 Å². The van der Waals surface area contributed by atoms with Gasteiger partial charge in [0.2, 0.25) is 5.95 Å². The molecule has 3 aliphatic heterocycles. The van der Waals surface area contributed by atoms with Crippen molar-refractivity contribution in [2.24, 2.45) is 11.8 Å². The highest BCUT2D eigenvalue weighted by molar-refractivity contribution is 7.80. The second-order valence-corrected chi connectivity index (χ2v) is 11.9. The van der Waals surface area contributed by atoms with E-state index in [1.807, 2.05) is 12.1 Å². The summed E-state index contributed by atoms with van der Waals surface area (Å²) in [6.45, 7) is 11.8. The fourth-order valence-electron chi connectivity index (χ4n) is 5.99. The van der Waals surface area contributed by atoms with Crippen molar-refractivity contribution < 1.29 is 9.47 Å². The van der Waals surface area contributed by atoms with Gasteiger partial charge in [0.05, 0.1) is 13.2 Å². The van der Waals surface area contributed by atoms with E-state index >= 15 is 0 Å². The maximum Gasteiger partial charge on any atom is 0.232 e. The maximum atomic E-state index is 6.35. The van der Waals surface area contributed by atoms with Gasteiger partial charge in [0.25, 0.3) is 0 Å². The number of thiocarbonyl (C=S) groups is 1. The molecule has 0 spiro atoms. The molecule has 1 aromatic heterocycles. The van der Waals surface area contributed by atoms with Gasteiger partial charge >= 0.3 is 0 Å². The summed E-state index contributed by atoms with van der Waals surface area (Å²) in [5.74, 6) is 3.64. The Bertz CT molecular complexity index is 1100. The molecule has 2 atom stereocenters. The third kappa shape index (κ3) is 6.68. The van der Waals surface area contributed by atoms with Crippen molar-refractivity contribution in [3.63, 3.8) is 0 Å². The van der Waals surface area contributed by atoms with E-state index < -0.39 is 0 Å². The lowest BCUT2D eigenvalue weighted by Gasteiger charge is -2.38. The predicted molar refractivity (Wildman–Crippen MR) is 158 cm³/mol. The quantitative estimate of drug-likeness (QED) is 0.499. The maximum absolute atomic E-state index is 6.35. The van der Waals surface area contributed by atoms with E-state index in [0.29, 0.717) is 42.7 Å². The molecule has 206 valence electrons. The third-order valence-corrected chi connectivity index (χ3v) is 8.41. The van der Waals surface area contributed by atoms with Gasteiger partial charge in [-0.05, 0) is 61.0 Å². The third-order valence-electron chi connectivity index (χ3n) is 7.93. The molecule has 0 bridgehead atoms. The zero-order chi connectivity index (χ0) is 26.5. The number of aromatic nitrogens is 2. The molecule has 0 amide bonds. The van der Waals surface area contributed by atoms with Crippen LogP contribution in [0.25, 0.3) is 0 Å². The molecule has 2 aromatic rings. The van der Waals surface area contributed by atoms with Crippen molar-refractivity contribution in [1.82, 2.24) is 15.3 Å². The number of nitrogens with zero attached hydrogens (tertiary/aromatic N) is 4. The SMILES string of the molecule is C[C@@H]1C[C@H](C)CN(c2cc(N3CCOCC3)nc(NC(=S)NCC3(c4cccc(Cl)c4)CCOCC3)n2)C1. The predicted octanol–water partition coefficient (Wildman–Crippen LogP) is 4.48. The topological polar surface area (TPSA) is 74.8 Å². The van der Waals surface area contributed by atoms with Crippen LogP contribution in [0.3, 0.4) is 0 Å². The van der Waals surface area contributed by atoms with Gasteiger partial charge in [0.1, 0.15) is 11.6 Å². The van der Waals surface area contributed by atoms with Crippen LogP contribution in [0.4, 0.5) is 17.6 Å². The number of piperidine rings is 1. The smallest absolute Gasteiger partial charge is 0.232 e. The fourth-order valence-corrected chi connectivity index (χ4v) is 6.34. The number of benzene rings is 1. The summed E-state index contributed by atoms with van der Waals surface area (Å²) in [4.78, 5) is 14.5. The molecular weight excluding hydrogens is 520 g/mol. The summed E-state index contributed by atoms with van der Waals surface area (Å²) in [6.07, 6.45) is 3.05. The molecule has 0 radical (unpaired) electrons. The minimum atomic E-state index is -0.101. The number of hydrogen-bond acceptors (Lipinski definition) is 7. The highest BCUT2D eigenvalue weighted by Crippen LogP contribution is 2.35. The first-order valence-electron chi connectivity index (χ1n) is 13.8. The van der Waals surface area contributed by atoms with Gasteiger partial charge in [-0.1, -0.05) is 37.6 Å². The van der Waals surface area contributed by atoms with E-state index in [1.165, 1.54) is 12.0 Å². The van der Waals surface area contributed by atoms with E-state index in [4.69, 9.17) is 43.3 Å². The number of rotatable bonds is 6. The highest BCUT2D eigenvalue weighted by atomic mass is 35.5. The number of anilines is 3.